The first-order valence-corrected chi connectivity index (χ1v) is 8.04. The van der Waals surface area contributed by atoms with E-state index in [0.29, 0.717) is 11.5 Å². The highest BCUT2D eigenvalue weighted by Gasteiger charge is 2.28. The maximum atomic E-state index is 12.3. The summed E-state index contributed by atoms with van der Waals surface area (Å²) in [5.74, 6) is 0.899. The van der Waals surface area contributed by atoms with Crippen molar-refractivity contribution in [1.29, 1.82) is 0 Å². The van der Waals surface area contributed by atoms with E-state index in [2.05, 4.69) is 10.1 Å². The van der Waals surface area contributed by atoms with Crippen LogP contribution in [-0.2, 0) is 14.3 Å². The Morgan fingerprint density at radius 1 is 1.29 bits per heavy atom. The maximum absolute atomic E-state index is 12.3. The van der Waals surface area contributed by atoms with E-state index in [0.717, 1.165) is 5.69 Å². The molecule has 1 atom stereocenters. The molecule has 0 saturated carbocycles. The number of esters is 1. The molecule has 116 valence electrons. The predicted octanol–water partition coefficient (Wildman–Crippen LogP) is 3.19. The molecule has 1 unspecified atom stereocenters. The molecule has 0 aliphatic carbocycles. The summed E-state index contributed by atoms with van der Waals surface area (Å²) >= 11 is 1.59. The van der Waals surface area contributed by atoms with Crippen LogP contribution in [0, 0.1) is 11.3 Å². The molecule has 1 N–H and O–H groups in total. The number of anilines is 1. The number of ether oxygens (including phenoxy) is 1. The number of nitrogens with one attached hydrogen (secondary N) is 1. The van der Waals surface area contributed by atoms with Crippen molar-refractivity contribution in [3.05, 3.63) is 30.3 Å². The topological polar surface area (TPSA) is 55.4 Å². The number of methoxy groups -OCH3 is 1. The lowest BCUT2D eigenvalue weighted by atomic mass is 9.95. The molecule has 0 heterocycles. The van der Waals surface area contributed by atoms with Crippen molar-refractivity contribution in [2.75, 3.05) is 23.9 Å². The van der Waals surface area contributed by atoms with E-state index in [1.807, 2.05) is 51.1 Å². The first kappa shape index (κ1) is 17.6. The average Bonchev–Trinajstić information content (AvgIpc) is 2.47. The van der Waals surface area contributed by atoms with Crippen molar-refractivity contribution in [2.24, 2.45) is 11.3 Å². The van der Waals surface area contributed by atoms with Gasteiger partial charge in [0.15, 0.2) is 0 Å². The second-order valence-corrected chi connectivity index (χ2v) is 6.67. The lowest BCUT2D eigenvalue weighted by molar-refractivity contribution is -0.144. The summed E-state index contributed by atoms with van der Waals surface area (Å²) in [5.41, 5.74) is 0.291. The zero-order valence-corrected chi connectivity index (χ0v) is 13.8. The first-order valence-electron chi connectivity index (χ1n) is 6.89. The summed E-state index contributed by atoms with van der Waals surface area (Å²) in [4.78, 5) is 23.6. The first-order chi connectivity index (χ1) is 9.86. The second kappa shape index (κ2) is 8.08. The Labute approximate surface area is 130 Å². The zero-order chi connectivity index (χ0) is 15.9. The van der Waals surface area contributed by atoms with Gasteiger partial charge in [-0.05, 0) is 12.1 Å². The third-order valence-corrected chi connectivity index (χ3v) is 4.74. The minimum absolute atomic E-state index is 0.0214. The Kier molecular flexibility index (Phi) is 6.75. The van der Waals surface area contributed by atoms with Gasteiger partial charge in [-0.15, -0.1) is 0 Å². The molecule has 21 heavy (non-hydrogen) atoms. The highest BCUT2D eigenvalue weighted by atomic mass is 32.2. The van der Waals surface area contributed by atoms with Gasteiger partial charge in [0, 0.05) is 17.2 Å². The van der Waals surface area contributed by atoms with Crippen molar-refractivity contribution in [1.82, 2.24) is 0 Å². The third-order valence-electron chi connectivity index (χ3n) is 3.08. The molecule has 4 nitrogen and oxygen atoms in total. The van der Waals surface area contributed by atoms with Crippen LogP contribution < -0.4 is 5.32 Å². The van der Waals surface area contributed by atoms with E-state index in [4.69, 9.17) is 0 Å². The van der Waals surface area contributed by atoms with Crippen molar-refractivity contribution >= 4 is 29.3 Å². The predicted molar refractivity (Wildman–Crippen MR) is 87.4 cm³/mol. The molecule has 0 fully saturated rings. The van der Waals surface area contributed by atoms with Crippen molar-refractivity contribution < 1.29 is 14.3 Å². The number of hydrogen-bond acceptors (Lipinski definition) is 4. The number of benzene rings is 1. The van der Waals surface area contributed by atoms with Crippen LogP contribution in [0.4, 0.5) is 5.69 Å². The summed E-state index contributed by atoms with van der Waals surface area (Å²) in [5, 5.41) is 2.91. The number of rotatable bonds is 7. The van der Waals surface area contributed by atoms with Gasteiger partial charge in [0.1, 0.15) is 0 Å². The standard InChI is InChI=1S/C16H23NO3S/c1-12(14(18)20-4)10-21-11-16(2,3)15(19)17-13-8-6-5-7-9-13/h5-9,12H,10-11H2,1-4H3,(H,17,19). The zero-order valence-electron chi connectivity index (χ0n) is 13.0. The largest absolute Gasteiger partial charge is 0.469 e. The third kappa shape index (κ3) is 5.79. The fraction of sp³-hybridized carbons (Fsp3) is 0.500. The van der Waals surface area contributed by atoms with Gasteiger partial charge in [0.2, 0.25) is 5.91 Å². The summed E-state index contributed by atoms with van der Waals surface area (Å²) in [7, 11) is 1.39. The summed E-state index contributed by atoms with van der Waals surface area (Å²) in [6.45, 7) is 5.64. The van der Waals surface area contributed by atoms with Gasteiger partial charge in [-0.25, -0.2) is 0 Å². The van der Waals surface area contributed by atoms with E-state index in [1.54, 1.807) is 11.8 Å². The lowest BCUT2D eigenvalue weighted by Crippen LogP contribution is -2.33. The molecule has 1 amide bonds. The molecule has 0 radical (unpaired) electrons. The lowest BCUT2D eigenvalue weighted by Gasteiger charge is -2.23. The maximum Gasteiger partial charge on any atom is 0.309 e. The van der Waals surface area contributed by atoms with Crippen LogP contribution in [0.2, 0.25) is 0 Å². The Bertz CT molecular complexity index is 474. The van der Waals surface area contributed by atoms with Crippen LogP contribution >= 0.6 is 11.8 Å². The summed E-state index contributed by atoms with van der Waals surface area (Å²) in [6, 6.07) is 9.40. The van der Waals surface area contributed by atoms with Crippen molar-refractivity contribution in [2.45, 2.75) is 20.8 Å². The minimum Gasteiger partial charge on any atom is -0.469 e. The fourth-order valence-corrected chi connectivity index (χ4v) is 2.90. The molecule has 0 aromatic heterocycles. The number of amides is 1. The highest BCUT2D eigenvalue weighted by Crippen LogP contribution is 2.25. The SMILES string of the molecule is COC(=O)C(C)CSCC(C)(C)C(=O)Nc1ccccc1. The number of hydrogen-bond donors (Lipinski definition) is 1. The van der Waals surface area contributed by atoms with E-state index < -0.39 is 5.41 Å². The van der Waals surface area contributed by atoms with E-state index in [-0.39, 0.29) is 17.8 Å². The Hall–Kier alpha value is -1.49. The molecule has 5 heteroatoms. The van der Waals surface area contributed by atoms with Crippen molar-refractivity contribution in [3.63, 3.8) is 0 Å². The molecular formula is C16H23NO3S. The second-order valence-electron chi connectivity index (χ2n) is 5.64. The molecule has 0 aliphatic rings. The van der Waals surface area contributed by atoms with Crippen LogP contribution in [0.25, 0.3) is 0 Å². The quantitative estimate of drug-likeness (QED) is 0.786. The Balaban J connectivity index is 2.45. The number of carbonyl (C=O) groups is 2. The summed E-state index contributed by atoms with van der Waals surface area (Å²) in [6.07, 6.45) is 0. The van der Waals surface area contributed by atoms with Gasteiger partial charge in [0.05, 0.1) is 18.4 Å². The molecule has 0 bridgehead atoms. The van der Waals surface area contributed by atoms with Crippen LogP contribution in [0.5, 0.6) is 0 Å². The number of para-hydroxylation sites is 1. The molecular weight excluding hydrogens is 286 g/mol. The van der Waals surface area contributed by atoms with Gasteiger partial charge in [0.25, 0.3) is 0 Å². The van der Waals surface area contributed by atoms with Crippen LogP contribution in [0.15, 0.2) is 30.3 Å². The normalized spacial score (nSPS) is 12.6. The van der Waals surface area contributed by atoms with Gasteiger partial charge in [-0.1, -0.05) is 39.0 Å². The average molecular weight is 309 g/mol. The molecule has 1 rings (SSSR count). The fourth-order valence-electron chi connectivity index (χ4n) is 1.65. The van der Waals surface area contributed by atoms with Gasteiger partial charge < -0.3 is 10.1 Å². The number of carbonyl (C=O) groups excluding carboxylic acids is 2. The van der Waals surface area contributed by atoms with Crippen LogP contribution in [-0.4, -0.2) is 30.5 Å². The van der Waals surface area contributed by atoms with Gasteiger partial charge in [-0.2, -0.15) is 11.8 Å². The van der Waals surface area contributed by atoms with Crippen LogP contribution in [0.1, 0.15) is 20.8 Å². The monoisotopic (exact) mass is 309 g/mol. The molecule has 1 aromatic carbocycles. The molecule has 0 spiro atoms. The van der Waals surface area contributed by atoms with E-state index in [9.17, 15) is 9.59 Å². The molecule has 1 aromatic rings. The highest BCUT2D eigenvalue weighted by molar-refractivity contribution is 7.99. The molecule has 0 saturated heterocycles. The van der Waals surface area contributed by atoms with Gasteiger partial charge in [-0.3, -0.25) is 9.59 Å². The Morgan fingerprint density at radius 2 is 1.90 bits per heavy atom. The summed E-state index contributed by atoms with van der Waals surface area (Å²) < 4.78 is 4.69. The molecule has 0 aliphatic heterocycles. The van der Waals surface area contributed by atoms with Crippen LogP contribution in [0.3, 0.4) is 0 Å². The van der Waals surface area contributed by atoms with Crippen molar-refractivity contribution in [3.8, 4) is 0 Å². The smallest absolute Gasteiger partial charge is 0.309 e. The number of thioether (sulfide) groups is 1. The van der Waals surface area contributed by atoms with Gasteiger partial charge >= 0.3 is 5.97 Å². The Morgan fingerprint density at radius 3 is 2.48 bits per heavy atom. The van der Waals surface area contributed by atoms with E-state index >= 15 is 0 Å². The van der Waals surface area contributed by atoms with E-state index in [1.165, 1.54) is 7.11 Å². The minimum atomic E-state index is -0.504.